The minimum Gasteiger partial charge on any atom is -0.379 e. The summed E-state index contributed by atoms with van der Waals surface area (Å²) in [4.78, 5) is 16.3. The van der Waals surface area contributed by atoms with Gasteiger partial charge in [0.25, 0.3) is 0 Å². The molecule has 42 heteroatoms. The van der Waals surface area contributed by atoms with Crippen molar-refractivity contribution in [2.75, 3.05) is 317 Å². The van der Waals surface area contributed by atoms with Crippen LogP contribution >= 0.6 is 0 Å². The van der Waals surface area contributed by atoms with Crippen LogP contribution in [-0.2, 0) is 153 Å². The first kappa shape index (κ1) is 94.1. The smallest absolute Gasteiger partial charge is 0.0725 e. The van der Waals surface area contributed by atoms with Crippen molar-refractivity contribution in [3.8, 4) is 0 Å². The standard InChI is InChI=1S/C60H108N18O24/c61-73-67-1-7-79-13-19-85-25-31-91-37-43-97-49-55-56(50-98-44-38-92-32-26-86-20-14-80-8-2-68-74-62)58(52-100-46-40-94-34-28-88-22-16-82-10-4-70-76-64)60(54-102-48-42-96-36-30-90-24-18-84-12-6-72-78-66)59(53-101-47-41-95-35-29-89-23-17-83-11-5-71-77-65)57(55)51-99-45-39-93-33-27-87-21-15-81-9-3-69-75-63/h1-54H2. The van der Waals surface area contributed by atoms with Crippen molar-refractivity contribution in [2.45, 2.75) is 39.6 Å². The van der Waals surface area contributed by atoms with Crippen LogP contribution in [0, 0.1) is 0 Å². The molecule has 0 aliphatic rings. The number of azide groups is 6. The predicted molar refractivity (Wildman–Crippen MR) is 363 cm³/mol. The maximum absolute atomic E-state index is 8.49. The van der Waals surface area contributed by atoms with Gasteiger partial charge in [-0.25, -0.2) is 0 Å². The lowest BCUT2D eigenvalue weighted by Gasteiger charge is -2.27. The minimum atomic E-state index is 0.0689. The second kappa shape index (κ2) is 80.8. The fraction of sp³-hybridized carbons (Fsp3) is 0.900. The van der Waals surface area contributed by atoms with E-state index in [9.17, 15) is 0 Å². The number of rotatable bonds is 84. The lowest BCUT2D eigenvalue weighted by molar-refractivity contribution is -0.0102. The van der Waals surface area contributed by atoms with Crippen LogP contribution in [0.1, 0.15) is 33.4 Å². The molecule has 102 heavy (non-hydrogen) atoms. The summed E-state index contributed by atoms with van der Waals surface area (Å²) >= 11 is 0. The molecule has 0 saturated heterocycles. The molecule has 0 N–H and O–H groups in total. The molecule has 0 saturated carbocycles. The molecule has 1 rings (SSSR count). The van der Waals surface area contributed by atoms with Gasteiger partial charge in [0.05, 0.1) is 317 Å². The number of benzene rings is 1. The van der Waals surface area contributed by atoms with E-state index in [0.29, 0.717) is 198 Å². The second-order valence-corrected chi connectivity index (χ2v) is 19.9. The molecule has 0 atom stereocenters. The van der Waals surface area contributed by atoms with Crippen LogP contribution in [0.2, 0.25) is 0 Å². The van der Waals surface area contributed by atoms with Crippen molar-refractivity contribution in [3.05, 3.63) is 96.0 Å². The van der Waals surface area contributed by atoms with Crippen molar-refractivity contribution in [1.29, 1.82) is 0 Å². The fourth-order valence-corrected chi connectivity index (χ4v) is 8.04. The van der Waals surface area contributed by atoms with E-state index < -0.39 is 0 Å². The Morgan fingerprint density at radius 3 is 0.324 bits per heavy atom. The highest BCUT2D eigenvalue weighted by Crippen LogP contribution is 2.33. The summed E-state index contributed by atoms with van der Waals surface area (Å²) in [6.07, 6.45) is 0. The highest BCUT2D eigenvalue weighted by molar-refractivity contribution is 5.51. The molecule has 0 heterocycles. The van der Waals surface area contributed by atoms with E-state index in [1.807, 2.05) is 0 Å². The van der Waals surface area contributed by atoms with Gasteiger partial charge in [0, 0.05) is 68.7 Å². The van der Waals surface area contributed by atoms with Gasteiger partial charge < -0.3 is 114 Å². The van der Waals surface area contributed by atoms with Gasteiger partial charge in [0.1, 0.15) is 0 Å². The maximum atomic E-state index is 8.49. The van der Waals surface area contributed by atoms with Crippen LogP contribution in [-0.4, -0.2) is 317 Å². The molecule has 0 aromatic heterocycles. The van der Waals surface area contributed by atoms with E-state index in [1.54, 1.807) is 0 Å². The molecule has 0 fully saturated rings. The van der Waals surface area contributed by atoms with Gasteiger partial charge in [-0.05, 0) is 66.6 Å². The van der Waals surface area contributed by atoms with Crippen molar-refractivity contribution in [2.24, 2.45) is 30.7 Å². The number of ether oxygens (including phenoxy) is 24. The van der Waals surface area contributed by atoms with E-state index in [2.05, 4.69) is 60.2 Å². The van der Waals surface area contributed by atoms with Crippen molar-refractivity contribution < 1.29 is 114 Å². The van der Waals surface area contributed by atoms with E-state index in [4.69, 9.17) is 147 Å². The molecule has 0 radical (unpaired) electrons. The third kappa shape index (κ3) is 62.7. The van der Waals surface area contributed by atoms with Gasteiger partial charge in [0.2, 0.25) is 0 Å². The van der Waals surface area contributed by atoms with Gasteiger partial charge in [-0.2, -0.15) is 0 Å². The normalized spacial score (nSPS) is 11.1. The highest BCUT2D eigenvalue weighted by Gasteiger charge is 2.25. The molecule has 0 unspecified atom stereocenters. The summed E-state index contributed by atoms with van der Waals surface area (Å²) in [7, 11) is 0. The third-order valence-corrected chi connectivity index (χ3v) is 12.8. The van der Waals surface area contributed by atoms with Crippen LogP contribution in [0.5, 0.6) is 0 Å². The SMILES string of the molecule is [N-]=[N+]=NCCOCCOCCOCCOCc1c(COCCOCCOCCOCCN=[N+]=[N-])c(COCCOCCOCCOCCN=[N+]=[N-])c(COCCOCCOCCOCCN=[N+]=[N-])c(COCCOCCOCCOCCN=[N+]=[N-])c1COCCOCCOCCOCCN=[N+]=[N-]. The minimum absolute atomic E-state index is 0.0689. The number of hydrogen-bond donors (Lipinski definition) is 0. The predicted octanol–water partition coefficient (Wildman–Crippen LogP) is 6.95. The van der Waals surface area contributed by atoms with Crippen molar-refractivity contribution in [1.82, 2.24) is 0 Å². The zero-order valence-corrected chi connectivity index (χ0v) is 59.0. The molecule has 0 amide bonds. The molecular weight excluding hydrogens is 1360 g/mol. The summed E-state index contributed by atoms with van der Waals surface area (Å²) in [5.41, 5.74) is 55.5. The topological polar surface area (TPSA) is 514 Å². The number of nitrogens with zero attached hydrogens (tertiary/aromatic N) is 18. The average Bonchev–Trinajstić information content (AvgIpc) is 0.770. The molecule has 42 nitrogen and oxygen atoms in total. The highest BCUT2D eigenvalue weighted by atomic mass is 16.6. The Morgan fingerprint density at radius 2 is 0.225 bits per heavy atom. The quantitative estimate of drug-likeness (QED) is 0.0275. The summed E-state index contributed by atoms with van der Waals surface area (Å²) in [6.45, 7) is 13.7. The molecular formula is C60H108N18O24. The average molecular weight is 1470 g/mol. The number of hydrogen-bond acceptors (Lipinski definition) is 30. The summed E-state index contributed by atoms with van der Waals surface area (Å²) in [5, 5.41) is 20.7. The van der Waals surface area contributed by atoms with Crippen LogP contribution in [0.15, 0.2) is 30.7 Å². The maximum Gasteiger partial charge on any atom is 0.0725 e. The van der Waals surface area contributed by atoms with Crippen molar-refractivity contribution >= 4 is 0 Å². The fourth-order valence-electron chi connectivity index (χ4n) is 8.04. The van der Waals surface area contributed by atoms with Gasteiger partial charge in [-0.1, -0.05) is 30.7 Å². The van der Waals surface area contributed by atoms with E-state index in [-0.39, 0.29) is 158 Å². The molecule has 1 aromatic carbocycles. The first-order chi connectivity index (χ1) is 50.7. The lowest BCUT2D eigenvalue weighted by atomic mass is 9.87. The second-order valence-electron chi connectivity index (χ2n) is 19.9. The summed E-state index contributed by atoms with van der Waals surface area (Å²) in [5.74, 6) is 0. The lowest BCUT2D eigenvalue weighted by Crippen LogP contribution is -2.21. The van der Waals surface area contributed by atoms with Crippen LogP contribution in [0.3, 0.4) is 0 Å². The summed E-state index contributed by atoms with van der Waals surface area (Å²) in [6, 6.07) is 0. The molecule has 582 valence electrons. The Balaban J connectivity index is 3.73. The summed E-state index contributed by atoms with van der Waals surface area (Å²) < 4.78 is 141. The van der Waals surface area contributed by atoms with Gasteiger partial charge in [0.15, 0.2) is 0 Å². The Morgan fingerprint density at radius 1 is 0.137 bits per heavy atom. The largest absolute Gasteiger partial charge is 0.379 e. The Labute approximate surface area is 595 Å². The van der Waals surface area contributed by atoms with Gasteiger partial charge in [-0.15, -0.1) is 0 Å². The van der Waals surface area contributed by atoms with Crippen LogP contribution in [0.4, 0.5) is 0 Å². The van der Waals surface area contributed by atoms with Crippen molar-refractivity contribution in [3.63, 3.8) is 0 Å². The van der Waals surface area contributed by atoms with Gasteiger partial charge >= 0.3 is 0 Å². The third-order valence-electron chi connectivity index (χ3n) is 12.8. The van der Waals surface area contributed by atoms with E-state index in [1.165, 1.54) is 0 Å². The Kier molecular flexibility index (Phi) is 74.6. The first-order valence-corrected chi connectivity index (χ1v) is 33.8. The van der Waals surface area contributed by atoms with Gasteiger partial charge in [-0.3, -0.25) is 0 Å². The zero-order chi connectivity index (χ0) is 73.1. The zero-order valence-electron chi connectivity index (χ0n) is 59.0. The van der Waals surface area contributed by atoms with E-state index in [0.717, 1.165) is 33.4 Å². The van der Waals surface area contributed by atoms with E-state index >= 15 is 0 Å². The first-order valence-electron chi connectivity index (χ1n) is 33.8. The molecule has 0 bridgehead atoms. The molecule has 0 aliphatic carbocycles. The Bertz CT molecular complexity index is 1970. The molecule has 0 aliphatic heterocycles. The van der Waals surface area contributed by atoms with Crippen LogP contribution in [0.25, 0.3) is 62.7 Å². The Hall–Kier alpha value is -5.88. The monoisotopic (exact) mass is 1460 g/mol. The van der Waals surface area contributed by atoms with Crippen LogP contribution < -0.4 is 0 Å². The molecule has 1 aromatic rings. The molecule has 0 spiro atoms.